The van der Waals surface area contributed by atoms with Gasteiger partial charge < -0.3 is 4.90 Å². The van der Waals surface area contributed by atoms with Crippen LogP contribution in [0.4, 0.5) is 0 Å². The summed E-state index contributed by atoms with van der Waals surface area (Å²) in [4.78, 5) is 2.19. The number of nitrogens with zero attached hydrogens (tertiary/aromatic N) is 1. The van der Waals surface area contributed by atoms with Crippen molar-refractivity contribution >= 4 is 22.6 Å². The van der Waals surface area contributed by atoms with E-state index in [1.807, 2.05) is 0 Å². The summed E-state index contributed by atoms with van der Waals surface area (Å²) < 4.78 is 1.39. The highest BCUT2D eigenvalue weighted by molar-refractivity contribution is 14.1. The first-order valence-corrected chi connectivity index (χ1v) is 5.08. The Labute approximate surface area is 87.9 Å². The van der Waals surface area contributed by atoms with Gasteiger partial charge in [0.15, 0.2) is 0 Å². The number of hydrogen-bond acceptors (Lipinski definition) is 1. The molecule has 0 amide bonds. The molecule has 2 heteroatoms. The van der Waals surface area contributed by atoms with Crippen molar-refractivity contribution in [2.24, 2.45) is 0 Å². The fourth-order valence-corrected chi connectivity index (χ4v) is 1.70. The summed E-state index contributed by atoms with van der Waals surface area (Å²) in [5.41, 5.74) is 2.79. The molecule has 0 N–H and O–H groups in total. The zero-order valence-electron chi connectivity index (χ0n) is 7.76. The Balaban J connectivity index is 2.92. The highest BCUT2D eigenvalue weighted by Crippen LogP contribution is 2.17. The van der Waals surface area contributed by atoms with Gasteiger partial charge in [-0.3, -0.25) is 0 Å². The smallest absolute Gasteiger partial charge is 0.0238 e. The molecule has 1 rings (SSSR count). The van der Waals surface area contributed by atoms with Crippen molar-refractivity contribution in [3.05, 3.63) is 32.9 Å². The summed E-state index contributed by atoms with van der Waals surface area (Å²) in [5.74, 6) is 0. The molecule has 1 nitrogen and oxygen atoms in total. The number of rotatable bonds is 2. The van der Waals surface area contributed by atoms with E-state index in [1.54, 1.807) is 0 Å². The lowest BCUT2D eigenvalue weighted by molar-refractivity contribution is 0.401. The zero-order valence-corrected chi connectivity index (χ0v) is 9.92. The average molecular weight is 275 g/mol. The molecule has 0 aliphatic heterocycles. The van der Waals surface area contributed by atoms with Gasteiger partial charge in [0.25, 0.3) is 0 Å². The Hall–Kier alpha value is -0.0900. The van der Waals surface area contributed by atoms with Crippen molar-refractivity contribution in [2.75, 3.05) is 14.1 Å². The molecule has 0 saturated carbocycles. The Morgan fingerprint density at radius 1 is 1.33 bits per heavy atom. The highest BCUT2D eigenvalue weighted by Gasteiger charge is 2.01. The molecule has 1 aromatic rings. The Bertz CT molecular complexity index is 269. The van der Waals surface area contributed by atoms with Crippen LogP contribution in [0.1, 0.15) is 11.1 Å². The molecular weight excluding hydrogens is 261 g/mol. The predicted molar refractivity (Wildman–Crippen MR) is 61.3 cm³/mol. The van der Waals surface area contributed by atoms with Crippen molar-refractivity contribution in [1.29, 1.82) is 0 Å². The number of hydrogen-bond donors (Lipinski definition) is 0. The maximum Gasteiger partial charge on any atom is 0.0238 e. The van der Waals surface area contributed by atoms with E-state index in [-0.39, 0.29) is 0 Å². The van der Waals surface area contributed by atoms with Gasteiger partial charge in [-0.25, -0.2) is 0 Å². The number of halogens is 1. The van der Waals surface area contributed by atoms with E-state index in [0.717, 1.165) is 6.54 Å². The Morgan fingerprint density at radius 2 is 2.00 bits per heavy atom. The SMILES string of the molecule is Cc1cccc(CN(C)C)c1I. The zero-order chi connectivity index (χ0) is 9.14. The molecule has 1 aromatic carbocycles. The Morgan fingerprint density at radius 3 is 2.58 bits per heavy atom. The topological polar surface area (TPSA) is 3.24 Å². The van der Waals surface area contributed by atoms with Crippen molar-refractivity contribution in [2.45, 2.75) is 13.5 Å². The van der Waals surface area contributed by atoms with Gasteiger partial charge in [-0.15, -0.1) is 0 Å². The number of aryl methyl sites for hydroxylation is 1. The molecule has 0 saturated heterocycles. The van der Waals surface area contributed by atoms with Crippen LogP contribution in [0.25, 0.3) is 0 Å². The van der Waals surface area contributed by atoms with Crippen LogP contribution in [0, 0.1) is 10.5 Å². The minimum Gasteiger partial charge on any atom is -0.305 e. The lowest BCUT2D eigenvalue weighted by Gasteiger charge is -2.12. The minimum atomic E-state index is 1.03. The van der Waals surface area contributed by atoms with Crippen LogP contribution in [-0.4, -0.2) is 19.0 Å². The molecule has 12 heavy (non-hydrogen) atoms. The van der Waals surface area contributed by atoms with E-state index < -0.39 is 0 Å². The lowest BCUT2D eigenvalue weighted by Crippen LogP contribution is -2.11. The second-order valence-electron chi connectivity index (χ2n) is 3.29. The van der Waals surface area contributed by atoms with Crippen molar-refractivity contribution in [3.63, 3.8) is 0 Å². The molecule has 66 valence electrons. The van der Waals surface area contributed by atoms with Gasteiger partial charge >= 0.3 is 0 Å². The van der Waals surface area contributed by atoms with Crippen molar-refractivity contribution < 1.29 is 0 Å². The molecule has 0 heterocycles. The monoisotopic (exact) mass is 275 g/mol. The van der Waals surface area contributed by atoms with Gasteiger partial charge in [-0.2, -0.15) is 0 Å². The van der Waals surface area contributed by atoms with E-state index in [4.69, 9.17) is 0 Å². The van der Waals surface area contributed by atoms with Crippen LogP contribution in [0.3, 0.4) is 0 Å². The summed E-state index contributed by atoms with van der Waals surface area (Å²) >= 11 is 2.41. The van der Waals surface area contributed by atoms with Crippen LogP contribution < -0.4 is 0 Å². The second kappa shape index (κ2) is 4.23. The highest BCUT2D eigenvalue weighted by atomic mass is 127. The first-order valence-electron chi connectivity index (χ1n) is 4.00. The third kappa shape index (κ3) is 2.45. The van der Waals surface area contributed by atoms with E-state index in [9.17, 15) is 0 Å². The van der Waals surface area contributed by atoms with E-state index in [1.165, 1.54) is 14.7 Å². The van der Waals surface area contributed by atoms with Crippen LogP contribution in [0.15, 0.2) is 18.2 Å². The van der Waals surface area contributed by atoms with Crippen LogP contribution >= 0.6 is 22.6 Å². The lowest BCUT2D eigenvalue weighted by atomic mass is 10.1. The van der Waals surface area contributed by atoms with Gasteiger partial charge in [0.1, 0.15) is 0 Å². The molecule has 0 fully saturated rings. The maximum absolute atomic E-state index is 2.41. The summed E-state index contributed by atoms with van der Waals surface area (Å²) in [5, 5.41) is 0. The summed E-state index contributed by atoms with van der Waals surface area (Å²) in [7, 11) is 4.19. The quantitative estimate of drug-likeness (QED) is 0.750. The third-order valence-electron chi connectivity index (χ3n) is 1.76. The summed E-state index contributed by atoms with van der Waals surface area (Å²) in [6.07, 6.45) is 0. The average Bonchev–Trinajstić information content (AvgIpc) is 1.98. The molecule has 0 aliphatic carbocycles. The van der Waals surface area contributed by atoms with E-state index >= 15 is 0 Å². The van der Waals surface area contributed by atoms with Crippen LogP contribution in [0.2, 0.25) is 0 Å². The van der Waals surface area contributed by atoms with E-state index in [2.05, 4.69) is 66.7 Å². The van der Waals surface area contributed by atoms with Crippen molar-refractivity contribution in [1.82, 2.24) is 4.90 Å². The fraction of sp³-hybridized carbons (Fsp3) is 0.400. The van der Waals surface area contributed by atoms with Gasteiger partial charge in [0.05, 0.1) is 0 Å². The molecule has 0 radical (unpaired) electrons. The summed E-state index contributed by atoms with van der Waals surface area (Å²) in [6.45, 7) is 3.18. The molecule has 0 spiro atoms. The largest absolute Gasteiger partial charge is 0.305 e. The molecule has 0 aromatic heterocycles. The maximum atomic E-state index is 2.41. The number of benzene rings is 1. The predicted octanol–water partition coefficient (Wildman–Crippen LogP) is 2.66. The molecule has 0 bridgehead atoms. The second-order valence-corrected chi connectivity index (χ2v) is 4.36. The van der Waals surface area contributed by atoms with Gasteiger partial charge in [0.2, 0.25) is 0 Å². The van der Waals surface area contributed by atoms with Crippen LogP contribution in [-0.2, 0) is 6.54 Å². The minimum absolute atomic E-state index is 1.03. The molecule has 0 atom stereocenters. The molecular formula is C10H14IN. The van der Waals surface area contributed by atoms with Gasteiger partial charge in [-0.1, -0.05) is 18.2 Å². The first-order chi connectivity index (χ1) is 5.61. The van der Waals surface area contributed by atoms with Crippen molar-refractivity contribution in [3.8, 4) is 0 Å². The van der Waals surface area contributed by atoms with Gasteiger partial charge in [0, 0.05) is 10.1 Å². The summed E-state index contributed by atoms with van der Waals surface area (Å²) in [6, 6.07) is 6.46. The normalized spacial score (nSPS) is 10.8. The standard InChI is InChI=1S/C10H14IN/c1-8-5-4-6-9(10(8)11)7-12(2)3/h4-6H,7H2,1-3H3. The van der Waals surface area contributed by atoms with E-state index in [0.29, 0.717) is 0 Å². The molecule has 0 unspecified atom stereocenters. The fourth-order valence-electron chi connectivity index (χ4n) is 1.17. The van der Waals surface area contributed by atoms with Crippen LogP contribution in [0.5, 0.6) is 0 Å². The van der Waals surface area contributed by atoms with Gasteiger partial charge in [-0.05, 0) is 54.7 Å². The first kappa shape index (κ1) is 9.99. The molecule has 0 aliphatic rings. The third-order valence-corrected chi connectivity index (χ3v) is 3.30. The Kier molecular flexibility index (Phi) is 3.53.